The van der Waals surface area contributed by atoms with Crippen molar-refractivity contribution in [3.8, 4) is 0 Å². The van der Waals surface area contributed by atoms with E-state index in [9.17, 15) is 26.7 Å². The van der Waals surface area contributed by atoms with Crippen LogP contribution in [-0.4, -0.2) is 10.3 Å². The fourth-order valence-electron chi connectivity index (χ4n) is 2.54. The third-order valence-electron chi connectivity index (χ3n) is 4.09. The molecule has 0 heterocycles. The second kappa shape index (κ2) is 8.42. The molecule has 0 spiro atoms. The van der Waals surface area contributed by atoms with Crippen LogP contribution >= 0.6 is 34.8 Å². The molecule has 0 aliphatic heterocycles. The smallest absolute Gasteiger partial charge is 0.392 e. The minimum Gasteiger partial charge on any atom is -0.392 e. The molecule has 0 saturated heterocycles. The summed E-state index contributed by atoms with van der Waals surface area (Å²) in [5.41, 5.74) is -2.64. The summed E-state index contributed by atoms with van der Waals surface area (Å²) < 4.78 is 61.9. The highest BCUT2D eigenvalue weighted by Crippen LogP contribution is 2.60. The van der Waals surface area contributed by atoms with E-state index in [1.807, 2.05) is 13.8 Å². The molecule has 1 saturated carbocycles. The first-order chi connectivity index (χ1) is 11.7. The van der Waals surface area contributed by atoms with Crippen LogP contribution in [0.5, 0.6) is 0 Å². The molecule has 26 heavy (non-hydrogen) atoms. The molecule has 0 radical (unpaired) electrons. The van der Waals surface area contributed by atoms with Crippen LogP contribution in [0.15, 0.2) is 22.7 Å². The van der Waals surface area contributed by atoms with Crippen LogP contribution in [0.2, 0.25) is 0 Å². The molecule has 2 nitrogen and oxygen atoms in total. The highest BCUT2D eigenvalue weighted by molar-refractivity contribution is 6.64. The molecule has 1 aliphatic rings. The van der Waals surface area contributed by atoms with Gasteiger partial charge in [-0.1, -0.05) is 43.1 Å². The minimum absolute atomic E-state index is 0.0894. The number of alkyl halides is 3. The molecule has 1 aromatic carbocycles. The average molecular weight is 440 g/mol. The van der Waals surface area contributed by atoms with Crippen molar-refractivity contribution in [2.75, 3.05) is 0 Å². The second-order valence-corrected chi connectivity index (χ2v) is 7.52. The topological polar surface area (TPSA) is 37.3 Å². The van der Waals surface area contributed by atoms with Crippen molar-refractivity contribution in [3.63, 3.8) is 0 Å². The van der Waals surface area contributed by atoms with Gasteiger partial charge < -0.3 is 5.11 Å². The number of aliphatic hydroxyl groups is 1. The maximum Gasteiger partial charge on any atom is 0.422 e. The number of hydrogen-bond acceptors (Lipinski definition) is 2. The fourth-order valence-corrected chi connectivity index (χ4v) is 3.22. The van der Waals surface area contributed by atoms with E-state index in [4.69, 9.17) is 39.9 Å². The van der Waals surface area contributed by atoms with Crippen LogP contribution in [-0.2, 0) is 17.6 Å². The third kappa shape index (κ3) is 5.31. The van der Waals surface area contributed by atoms with Crippen molar-refractivity contribution >= 4 is 40.0 Å². The van der Waals surface area contributed by atoms with Gasteiger partial charge in [0.25, 0.3) is 0 Å². The first-order valence-electron chi connectivity index (χ1n) is 7.12. The monoisotopic (exact) mass is 438 g/mol. The fraction of sp³-hybridized carbons (Fsp3) is 0.438. The summed E-state index contributed by atoms with van der Waals surface area (Å²) in [6, 6.07) is 1.23. The van der Waals surface area contributed by atoms with Gasteiger partial charge in [-0.05, 0) is 35.1 Å². The number of benzene rings is 1. The van der Waals surface area contributed by atoms with Gasteiger partial charge in [-0.3, -0.25) is 4.79 Å². The van der Waals surface area contributed by atoms with Crippen LogP contribution in [0.1, 0.15) is 25.0 Å². The molecule has 1 aromatic rings. The number of carbonyl (C=O) groups excluding carboxylic acids is 1. The van der Waals surface area contributed by atoms with E-state index < -0.39 is 35.5 Å². The van der Waals surface area contributed by atoms with Gasteiger partial charge in [0.1, 0.15) is 21.7 Å². The summed E-state index contributed by atoms with van der Waals surface area (Å²) in [6.07, 6.45) is -3.42. The van der Waals surface area contributed by atoms with Gasteiger partial charge in [0.05, 0.1) is 6.61 Å². The lowest BCUT2D eigenvalue weighted by atomic mass is 10.1. The van der Waals surface area contributed by atoms with Crippen molar-refractivity contribution in [2.24, 2.45) is 17.3 Å². The summed E-state index contributed by atoms with van der Waals surface area (Å²) in [5, 5.41) is 8.16. The number of halogens is 8. The number of carbonyl (C=O) groups is 1. The van der Waals surface area contributed by atoms with E-state index in [0.717, 1.165) is 6.07 Å². The molecule has 2 atom stereocenters. The number of aliphatic hydroxyl groups excluding tert-OH is 1. The van der Waals surface area contributed by atoms with Crippen LogP contribution in [0.25, 0.3) is 0 Å². The maximum atomic E-state index is 12.9. The third-order valence-corrected chi connectivity index (χ3v) is 4.57. The quantitative estimate of drug-likeness (QED) is 0.476. The molecular formula is C16H14Cl3F5O2. The molecule has 1 aliphatic carbocycles. The predicted molar refractivity (Wildman–Crippen MR) is 88.7 cm³/mol. The van der Waals surface area contributed by atoms with E-state index in [-0.39, 0.29) is 27.0 Å². The first kappa shape index (κ1) is 23.1. The molecule has 1 N–H and O–H groups in total. The number of allylic oxidation sites excluding steroid dienone is 1. The Kier molecular flexibility index (Phi) is 7.50. The summed E-state index contributed by atoms with van der Waals surface area (Å²) in [6.45, 7) is 3.03. The predicted octanol–water partition coefficient (Wildman–Crippen LogP) is 5.82. The summed E-state index contributed by atoms with van der Waals surface area (Å²) in [4.78, 5) is 10.9. The summed E-state index contributed by atoms with van der Waals surface area (Å²) >= 11 is 16.3. The van der Waals surface area contributed by atoms with Crippen molar-refractivity contribution < 1.29 is 31.9 Å². The second-order valence-electron chi connectivity index (χ2n) is 6.14. The van der Waals surface area contributed by atoms with Gasteiger partial charge in [0, 0.05) is 11.5 Å². The Hall–Kier alpha value is -0.890. The molecule has 0 amide bonds. The first-order valence-corrected chi connectivity index (χ1v) is 8.25. The summed E-state index contributed by atoms with van der Waals surface area (Å²) in [7, 11) is 0. The largest absolute Gasteiger partial charge is 0.422 e. The molecule has 10 heteroatoms. The Labute approximate surface area is 161 Å². The number of hydrogen-bond donors (Lipinski definition) is 1. The average Bonchev–Trinajstić information content (AvgIpc) is 2.98. The maximum absolute atomic E-state index is 12.9. The van der Waals surface area contributed by atoms with Crippen LogP contribution in [0.3, 0.4) is 0 Å². The SMILES string of the molecule is CC1(C)C(C=C(Cl)Cl)C1C(=O)Cl.OCc1ccc(F)c(C(F)(F)F)c1F. The molecule has 2 rings (SSSR count). The zero-order valence-corrected chi connectivity index (χ0v) is 15.7. The van der Waals surface area contributed by atoms with Crippen LogP contribution in [0.4, 0.5) is 22.0 Å². The molecule has 2 unspecified atom stereocenters. The van der Waals surface area contributed by atoms with Crippen LogP contribution in [0, 0.1) is 28.9 Å². The molecular weight excluding hydrogens is 426 g/mol. The Bertz CT molecular complexity index is 713. The van der Waals surface area contributed by atoms with E-state index >= 15 is 0 Å². The highest BCUT2D eigenvalue weighted by atomic mass is 35.5. The standard InChI is InChI=1S/C8H9Cl3O.C8H5F5O/c1-8(2)4(3-5(9)10)6(8)7(11)12;9-5-2-1-4(3-14)7(10)6(5)8(11,12)13/h3-4,6H,1-2H3;1-2,14H,3H2. The zero-order valence-electron chi connectivity index (χ0n) is 13.5. The Balaban J connectivity index is 0.000000263. The van der Waals surface area contributed by atoms with Gasteiger partial charge in [0.2, 0.25) is 5.24 Å². The Morgan fingerprint density at radius 1 is 1.23 bits per heavy atom. The van der Waals surface area contributed by atoms with Gasteiger partial charge in [-0.15, -0.1) is 0 Å². The van der Waals surface area contributed by atoms with Crippen molar-refractivity contribution in [3.05, 3.63) is 45.5 Å². The number of rotatable bonds is 3. The van der Waals surface area contributed by atoms with Gasteiger partial charge in [-0.25, -0.2) is 8.78 Å². The highest BCUT2D eigenvalue weighted by Gasteiger charge is 2.60. The van der Waals surface area contributed by atoms with Crippen molar-refractivity contribution in [2.45, 2.75) is 26.6 Å². The molecule has 0 bridgehead atoms. The molecule has 1 fully saturated rings. The lowest BCUT2D eigenvalue weighted by Gasteiger charge is -2.10. The molecule has 146 valence electrons. The molecule has 0 aromatic heterocycles. The van der Waals surface area contributed by atoms with E-state index in [1.54, 1.807) is 6.08 Å². The summed E-state index contributed by atoms with van der Waals surface area (Å²) in [5.74, 6) is -3.49. The van der Waals surface area contributed by atoms with E-state index in [1.165, 1.54) is 0 Å². The van der Waals surface area contributed by atoms with Gasteiger partial charge in [-0.2, -0.15) is 13.2 Å². The Morgan fingerprint density at radius 2 is 1.77 bits per heavy atom. The minimum atomic E-state index is -5.10. The lowest BCUT2D eigenvalue weighted by Crippen LogP contribution is -2.13. The van der Waals surface area contributed by atoms with Crippen molar-refractivity contribution in [1.82, 2.24) is 0 Å². The van der Waals surface area contributed by atoms with E-state index in [0.29, 0.717) is 6.07 Å². The van der Waals surface area contributed by atoms with Crippen LogP contribution < -0.4 is 0 Å². The zero-order chi connectivity index (χ0) is 20.4. The van der Waals surface area contributed by atoms with Crippen molar-refractivity contribution in [1.29, 1.82) is 0 Å². The van der Waals surface area contributed by atoms with E-state index in [2.05, 4.69) is 0 Å². The normalized spacial score (nSPS) is 20.7. The van der Waals surface area contributed by atoms with Gasteiger partial charge >= 0.3 is 6.18 Å². The Morgan fingerprint density at radius 3 is 2.12 bits per heavy atom. The van der Waals surface area contributed by atoms with Gasteiger partial charge in [0.15, 0.2) is 0 Å². The lowest BCUT2D eigenvalue weighted by molar-refractivity contribution is -0.142.